The standard InChI is InChI=1S/C23H19F6N7O3/c1-9-14(18(37)21(39)33-22(7-23(28,29)8-22)13-5-31-35-34-13)12-4-10(24)6-36(12)17(9)20(38)32-11-2-3-30-16(15(11)25)19(26)27/h2-3,5,10,19H,4,6-8H2,1H3,(H,33,39)(H,30,32,38)(H,31,34,35)/t10-/m1/s1. The Labute approximate surface area is 215 Å². The minimum absolute atomic E-state index is 0.00296. The number of alkyl halides is 5. The average molecular weight is 555 g/mol. The second-order valence-electron chi connectivity index (χ2n) is 9.45. The van der Waals surface area contributed by atoms with Gasteiger partial charge < -0.3 is 15.2 Å². The van der Waals surface area contributed by atoms with Crippen molar-refractivity contribution in [1.29, 1.82) is 0 Å². The molecular weight excluding hydrogens is 536 g/mol. The lowest BCUT2D eigenvalue weighted by molar-refractivity contribution is -0.148. The fraction of sp³-hybridized carbons (Fsp3) is 0.391. The highest BCUT2D eigenvalue weighted by Gasteiger charge is 2.60. The zero-order chi connectivity index (χ0) is 28.3. The summed E-state index contributed by atoms with van der Waals surface area (Å²) in [5.74, 6) is -8.15. The van der Waals surface area contributed by atoms with Gasteiger partial charge >= 0.3 is 0 Å². The third-order valence-corrected chi connectivity index (χ3v) is 6.81. The molecule has 0 spiro atoms. The zero-order valence-electron chi connectivity index (χ0n) is 20.0. The van der Waals surface area contributed by atoms with Gasteiger partial charge in [-0.25, -0.2) is 26.3 Å². The van der Waals surface area contributed by atoms with Crippen LogP contribution in [0.1, 0.15) is 62.8 Å². The predicted molar refractivity (Wildman–Crippen MR) is 120 cm³/mol. The number of halogens is 6. The first-order valence-corrected chi connectivity index (χ1v) is 11.5. The van der Waals surface area contributed by atoms with E-state index in [1.54, 1.807) is 0 Å². The van der Waals surface area contributed by atoms with E-state index in [2.05, 4.69) is 31.0 Å². The van der Waals surface area contributed by atoms with Crippen molar-refractivity contribution in [3.8, 4) is 0 Å². The average Bonchev–Trinajstić information content (AvgIpc) is 3.54. The molecule has 1 saturated carbocycles. The lowest BCUT2D eigenvalue weighted by Crippen LogP contribution is -2.61. The van der Waals surface area contributed by atoms with E-state index in [0.717, 1.165) is 16.8 Å². The molecule has 39 heavy (non-hydrogen) atoms. The van der Waals surface area contributed by atoms with Gasteiger partial charge in [0.15, 0.2) is 5.82 Å². The number of hydrogen-bond donors (Lipinski definition) is 3. The van der Waals surface area contributed by atoms with Crippen molar-refractivity contribution in [1.82, 2.24) is 30.3 Å². The summed E-state index contributed by atoms with van der Waals surface area (Å²) in [6, 6.07) is 0.942. The van der Waals surface area contributed by atoms with Crippen molar-refractivity contribution in [2.24, 2.45) is 0 Å². The van der Waals surface area contributed by atoms with Crippen LogP contribution in [0.15, 0.2) is 18.5 Å². The number of carbonyl (C=O) groups is 3. The van der Waals surface area contributed by atoms with Gasteiger partial charge in [0.1, 0.15) is 23.3 Å². The van der Waals surface area contributed by atoms with E-state index in [9.17, 15) is 40.7 Å². The molecule has 4 heterocycles. The van der Waals surface area contributed by atoms with Crippen LogP contribution in [0.2, 0.25) is 0 Å². The Kier molecular flexibility index (Phi) is 6.22. The fourth-order valence-electron chi connectivity index (χ4n) is 5.17. The third-order valence-electron chi connectivity index (χ3n) is 6.81. The normalized spacial score (nSPS) is 18.9. The first-order chi connectivity index (χ1) is 18.3. The molecular formula is C23H19F6N7O3. The second kappa shape index (κ2) is 9.20. The van der Waals surface area contributed by atoms with Gasteiger partial charge in [0.05, 0.1) is 23.3 Å². The van der Waals surface area contributed by atoms with Crippen LogP contribution in [0, 0.1) is 12.7 Å². The van der Waals surface area contributed by atoms with Crippen LogP contribution in [0.4, 0.5) is 32.0 Å². The number of hydrogen-bond acceptors (Lipinski definition) is 6. The molecule has 1 atom stereocenters. The van der Waals surface area contributed by atoms with Crippen LogP contribution in [0.25, 0.3) is 0 Å². The highest BCUT2D eigenvalue weighted by atomic mass is 19.3. The highest BCUT2D eigenvalue weighted by Crippen LogP contribution is 2.51. The van der Waals surface area contributed by atoms with Crippen molar-refractivity contribution in [3.63, 3.8) is 0 Å². The predicted octanol–water partition coefficient (Wildman–Crippen LogP) is 3.16. The van der Waals surface area contributed by atoms with E-state index in [0.29, 0.717) is 0 Å². The van der Waals surface area contributed by atoms with Crippen LogP contribution < -0.4 is 10.6 Å². The molecule has 10 nitrogen and oxygen atoms in total. The van der Waals surface area contributed by atoms with Crippen molar-refractivity contribution in [2.75, 3.05) is 5.32 Å². The number of rotatable bonds is 7. The van der Waals surface area contributed by atoms with Crippen LogP contribution in [0.5, 0.6) is 0 Å². The van der Waals surface area contributed by atoms with Crippen LogP contribution in [-0.4, -0.2) is 54.7 Å². The molecule has 3 aromatic rings. The molecule has 3 aromatic heterocycles. The molecule has 3 N–H and O–H groups in total. The van der Waals surface area contributed by atoms with Gasteiger partial charge in [0.25, 0.3) is 29.9 Å². The van der Waals surface area contributed by atoms with Gasteiger partial charge in [-0.2, -0.15) is 0 Å². The largest absolute Gasteiger partial charge is 0.337 e. The number of ketones is 1. The van der Waals surface area contributed by atoms with Crippen molar-refractivity contribution in [2.45, 2.75) is 56.8 Å². The first-order valence-electron chi connectivity index (χ1n) is 11.5. The summed E-state index contributed by atoms with van der Waals surface area (Å²) in [7, 11) is 0. The molecule has 16 heteroatoms. The van der Waals surface area contributed by atoms with Crippen molar-refractivity contribution >= 4 is 23.3 Å². The Morgan fingerprint density at radius 2 is 1.95 bits per heavy atom. The molecule has 0 radical (unpaired) electrons. The number of nitrogens with zero attached hydrogens (tertiary/aromatic N) is 4. The monoisotopic (exact) mass is 555 g/mol. The van der Waals surface area contributed by atoms with E-state index in [1.807, 2.05) is 0 Å². The molecule has 206 valence electrons. The Bertz CT molecular complexity index is 1480. The van der Waals surface area contributed by atoms with E-state index >= 15 is 0 Å². The summed E-state index contributed by atoms with van der Waals surface area (Å²) < 4.78 is 83.6. The number of nitrogens with one attached hydrogen (secondary N) is 3. The molecule has 0 aromatic carbocycles. The molecule has 2 amide bonds. The van der Waals surface area contributed by atoms with E-state index in [4.69, 9.17) is 0 Å². The molecule has 1 fully saturated rings. The fourth-order valence-corrected chi connectivity index (χ4v) is 5.17. The molecule has 1 aliphatic carbocycles. The maximum atomic E-state index is 14.4. The number of carbonyl (C=O) groups excluding carboxylic acids is 3. The number of aromatic nitrogens is 5. The third kappa shape index (κ3) is 4.42. The molecule has 2 aliphatic rings. The van der Waals surface area contributed by atoms with Gasteiger partial charge in [-0.3, -0.25) is 24.5 Å². The topological polar surface area (TPSA) is 135 Å². The van der Waals surface area contributed by atoms with Gasteiger partial charge in [-0.15, -0.1) is 5.10 Å². The number of fused-ring (bicyclic) bond motifs is 1. The zero-order valence-corrected chi connectivity index (χ0v) is 20.0. The molecule has 1 aliphatic heterocycles. The summed E-state index contributed by atoms with van der Waals surface area (Å²) in [6.07, 6.45) is -4.73. The molecule has 0 saturated heterocycles. The lowest BCUT2D eigenvalue weighted by atomic mass is 9.71. The Balaban J connectivity index is 1.46. The Hall–Kier alpha value is -4.24. The van der Waals surface area contributed by atoms with Crippen molar-refractivity contribution in [3.05, 3.63) is 58.2 Å². The Morgan fingerprint density at radius 3 is 2.56 bits per heavy atom. The summed E-state index contributed by atoms with van der Waals surface area (Å²) in [6.45, 7) is 0.927. The van der Waals surface area contributed by atoms with Gasteiger partial charge in [-0.05, 0) is 18.6 Å². The number of pyridine rings is 1. The van der Waals surface area contributed by atoms with E-state index in [-0.39, 0.29) is 41.2 Å². The second-order valence-corrected chi connectivity index (χ2v) is 9.45. The summed E-state index contributed by atoms with van der Waals surface area (Å²) in [4.78, 5) is 42.6. The first kappa shape index (κ1) is 26.4. The minimum Gasteiger partial charge on any atom is -0.337 e. The minimum atomic E-state index is -3.26. The molecule has 0 bridgehead atoms. The molecule has 5 rings (SSSR count). The maximum absolute atomic E-state index is 14.4. The van der Waals surface area contributed by atoms with Crippen LogP contribution >= 0.6 is 0 Å². The van der Waals surface area contributed by atoms with Crippen LogP contribution in [0.3, 0.4) is 0 Å². The number of anilines is 1. The highest BCUT2D eigenvalue weighted by molar-refractivity contribution is 6.44. The number of aromatic amines is 1. The number of amides is 2. The summed E-state index contributed by atoms with van der Waals surface area (Å²) in [5.41, 5.74) is -4.18. The number of H-pyrrole nitrogens is 1. The smallest absolute Gasteiger partial charge is 0.293 e. The quantitative estimate of drug-likeness (QED) is 0.233. The van der Waals surface area contributed by atoms with E-state index < -0.39 is 71.7 Å². The van der Waals surface area contributed by atoms with Crippen molar-refractivity contribution < 1.29 is 40.7 Å². The van der Waals surface area contributed by atoms with Gasteiger partial charge in [-0.1, -0.05) is 5.21 Å². The van der Waals surface area contributed by atoms with Gasteiger partial charge in [0.2, 0.25) is 0 Å². The Morgan fingerprint density at radius 1 is 1.23 bits per heavy atom. The lowest BCUT2D eigenvalue weighted by Gasteiger charge is -2.46. The van der Waals surface area contributed by atoms with Crippen LogP contribution in [-0.2, 0) is 23.3 Å². The molecule has 0 unspecified atom stereocenters. The van der Waals surface area contributed by atoms with Gasteiger partial charge in [0, 0.05) is 37.4 Å². The number of Topliss-reactive ketones (excluding diaryl/α,β-unsaturated/α-hetero) is 1. The SMILES string of the molecule is Cc1c(C(=O)C(=O)NC2(c3c[nH]nn3)CC(F)(F)C2)c2n(c1C(=O)Nc1ccnc(C(F)F)c1F)C[C@H](F)C2. The van der Waals surface area contributed by atoms with E-state index in [1.165, 1.54) is 13.1 Å². The summed E-state index contributed by atoms with van der Waals surface area (Å²) in [5, 5.41) is 13.9. The maximum Gasteiger partial charge on any atom is 0.293 e. The summed E-state index contributed by atoms with van der Waals surface area (Å²) >= 11 is 0.